The molecule has 3 heteroatoms. The van der Waals surface area contributed by atoms with Crippen LogP contribution in [0.4, 0.5) is 0 Å². The third-order valence-electron chi connectivity index (χ3n) is 5.85. The van der Waals surface area contributed by atoms with Crippen LogP contribution in [0.15, 0.2) is 47.7 Å². The number of hydrogen-bond donors (Lipinski definition) is 1. The van der Waals surface area contributed by atoms with Gasteiger partial charge in [0, 0.05) is 23.2 Å². The van der Waals surface area contributed by atoms with Gasteiger partial charge in [0.15, 0.2) is 0 Å². The molecule has 4 atom stereocenters. The number of halogens is 1. The molecule has 0 aromatic heterocycles. The summed E-state index contributed by atoms with van der Waals surface area (Å²) in [5, 5.41) is 4.63. The molecule has 0 spiro atoms. The quantitative estimate of drug-likeness (QED) is 0.750. The average Bonchev–Trinajstić information content (AvgIpc) is 3.03. The topological polar surface area (TPSA) is 21.3 Å². The molecule has 1 N–H and O–H groups in total. The highest BCUT2D eigenvalue weighted by molar-refractivity contribution is 6.31. The molecular formula is C21H26ClNO. The van der Waals surface area contributed by atoms with Crippen molar-refractivity contribution in [3.05, 3.63) is 58.3 Å². The molecule has 2 aliphatic heterocycles. The Morgan fingerprint density at radius 2 is 2.00 bits per heavy atom. The van der Waals surface area contributed by atoms with Crippen molar-refractivity contribution in [2.45, 2.75) is 45.8 Å². The van der Waals surface area contributed by atoms with Gasteiger partial charge in [-0.25, -0.2) is 0 Å². The van der Waals surface area contributed by atoms with Gasteiger partial charge in [0.1, 0.15) is 0 Å². The van der Waals surface area contributed by atoms with E-state index in [4.69, 9.17) is 16.3 Å². The Balaban J connectivity index is 1.69. The van der Waals surface area contributed by atoms with E-state index in [0.717, 1.165) is 24.5 Å². The van der Waals surface area contributed by atoms with Gasteiger partial charge in [-0.2, -0.15) is 0 Å². The summed E-state index contributed by atoms with van der Waals surface area (Å²) in [4.78, 5) is 0. The molecule has 2 heterocycles. The van der Waals surface area contributed by atoms with Crippen LogP contribution in [0, 0.1) is 17.3 Å². The normalized spacial score (nSPS) is 32.3. The van der Waals surface area contributed by atoms with Crippen molar-refractivity contribution in [2.75, 3.05) is 6.61 Å². The standard InChI is InChI=1S/C21H26ClNO/c1-21(2,3)13-8-9-18-16(12-13)20-15(10-11-24-20)19(23-18)14-6-4-5-7-17(14)22/h4-9,13,15,19-20,23H,10-12H2,1-3H3. The van der Waals surface area contributed by atoms with Gasteiger partial charge in [-0.3, -0.25) is 0 Å². The van der Waals surface area contributed by atoms with E-state index in [0.29, 0.717) is 11.8 Å². The molecule has 1 aromatic carbocycles. The van der Waals surface area contributed by atoms with E-state index in [9.17, 15) is 0 Å². The first-order valence-electron chi connectivity index (χ1n) is 8.99. The number of hydrogen-bond acceptors (Lipinski definition) is 2. The summed E-state index contributed by atoms with van der Waals surface area (Å²) in [6.07, 6.45) is 7.06. The molecule has 4 rings (SSSR count). The van der Waals surface area contributed by atoms with Crippen LogP contribution in [0.5, 0.6) is 0 Å². The zero-order valence-corrected chi connectivity index (χ0v) is 15.4. The maximum Gasteiger partial charge on any atom is 0.0859 e. The Morgan fingerprint density at radius 3 is 2.75 bits per heavy atom. The van der Waals surface area contributed by atoms with Gasteiger partial charge >= 0.3 is 0 Å². The van der Waals surface area contributed by atoms with E-state index < -0.39 is 0 Å². The van der Waals surface area contributed by atoms with Crippen LogP contribution in [-0.2, 0) is 4.74 Å². The zero-order chi connectivity index (χ0) is 16.9. The van der Waals surface area contributed by atoms with Crippen LogP contribution >= 0.6 is 11.6 Å². The summed E-state index contributed by atoms with van der Waals surface area (Å²) in [6.45, 7) is 7.81. The lowest BCUT2D eigenvalue weighted by Crippen LogP contribution is -2.42. The van der Waals surface area contributed by atoms with Crippen LogP contribution < -0.4 is 5.32 Å². The van der Waals surface area contributed by atoms with Crippen molar-refractivity contribution >= 4 is 11.6 Å². The van der Waals surface area contributed by atoms with Crippen molar-refractivity contribution in [3.8, 4) is 0 Å². The Hall–Kier alpha value is -1.25. The summed E-state index contributed by atoms with van der Waals surface area (Å²) in [7, 11) is 0. The maximum atomic E-state index is 6.49. The molecule has 1 fully saturated rings. The largest absolute Gasteiger partial charge is 0.378 e. The summed E-state index contributed by atoms with van der Waals surface area (Å²) < 4.78 is 6.20. The number of benzene rings is 1. The fourth-order valence-electron chi connectivity index (χ4n) is 4.36. The van der Waals surface area contributed by atoms with E-state index >= 15 is 0 Å². The molecule has 2 nitrogen and oxygen atoms in total. The molecule has 128 valence electrons. The van der Waals surface area contributed by atoms with Crippen LogP contribution in [0.25, 0.3) is 0 Å². The minimum atomic E-state index is 0.234. The van der Waals surface area contributed by atoms with Crippen molar-refractivity contribution in [3.63, 3.8) is 0 Å². The monoisotopic (exact) mass is 343 g/mol. The van der Waals surface area contributed by atoms with E-state index in [2.05, 4.69) is 50.4 Å². The van der Waals surface area contributed by atoms with Gasteiger partial charge in [0.25, 0.3) is 0 Å². The lowest BCUT2D eigenvalue weighted by molar-refractivity contribution is 0.0928. The second-order valence-corrected chi connectivity index (χ2v) is 8.77. The van der Waals surface area contributed by atoms with Gasteiger partial charge in [0.2, 0.25) is 0 Å². The van der Waals surface area contributed by atoms with Crippen LogP contribution in [0.2, 0.25) is 5.02 Å². The average molecular weight is 344 g/mol. The molecule has 0 amide bonds. The maximum absolute atomic E-state index is 6.49. The highest BCUT2D eigenvalue weighted by atomic mass is 35.5. The van der Waals surface area contributed by atoms with Crippen molar-refractivity contribution < 1.29 is 4.74 Å². The third-order valence-corrected chi connectivity index (χ3v) is 6.20. The van der Waals surface area contributed by atoms with Gasteiger partial charge in [-0.1, -0.05) is 56.6 Å². The molecule has 1 aliphatic carbocycles. The van der Waals surface area contributed by atoms with Gasteiger partial charge in [0.05, 0.1) is 12.1 Å². The Kier molecular flexibility index (Phi) is 4.01. The smallest absolute Gasteiger partial charge is 0.0859 e. The van der Waals surface area contributed by atoms with E-state index in [1.54, 1.807) is 0 Å². The zero-order valence-electron chi connectivity index (χ0n) is 14.7. The summed E-state index contributed by atoms with van der Waals surface area (Å²) in [5.74, 6) is 1.04. The number of allylic oxidation sites excluding steroid dienone is 2. The number of fused-ring (bicyclic) bond motifs is 2. The molecule has 0 radical (unpaired) electrons. The summed E-state index contributed by atoms with van der Waals surface area (Å²) in [5.41, 5.74) is 4.19. The summed E-state index contributed by atoms with van der Waals surface area (Å²) in [6, 6.07) is 8.44. The van der Waals surface area contributed by atoms with Crippen LogP contribution in [0.3, 0.4) is 0 Å². The number of rotatable bonds is 1. The Bertz CT molecular complexity index is 700. The molecule has 3 aliphatic rings. The first-order chi connectivity index (χ1) is 11.4. The van der Waals surface area contributed by atoms with Crippen LogP contribution in [0.1, 0.15) is 45.2 Å². The predicted molar refractivity (Wildman–Crippen MR) is 98.9 cm³/mol. The van der Waals surface area contributed by atoms with Crippen molar-refractivity contribution in [1.82, 2.24) is 5.32 Å². The SMILES string of the molecule is CC(C)(C)C1C=CC2=C(C1)C1OCCC1C(c1ccccc1Cl)N2. The van der Waals surface area contributed by atoms with E-state index in [-0.39, 0.29) is 17.6 Å². The van der Waals surface area contributed by atoms with Crippen molar-refractivity contribution in [2.24, 2.45) is 17.3 Å². The first kappa shape index (κ1) is 16.2. The highest BCUT2D eigenvalue weighted by Crippen LogP contribution is 2.47. The molecule has 1 aromatic rings. The molecule has 4 unspecified atom stereocenters. The lowest BCUT2D eigenvalue weighted by atomic mass is 9.70. The van der Waals surface area contributed by atoms with Gasteiger partial charge in [-0.05, 0) is 47.5 Å². The van der Waals surface area contributed by atoms with Gasteiger partial charge in [-0.15, -0.1) is 0 Å². The first-order valence-corrected chi connectivity index (χ1v) is 9.37. The third kappa shape index (κ3) is 2.70. The highest BCUT2D eigenvalue weighted by Gasteiger charge is 2.44. The number of nitrogens with one attached hydrogen (secondary N) is 1. The Morgan fingerprint density at radius 1 is 1.21 bits per heavy atom. The minimum Gasteiger partial charge on any atom is -0.378 e. The molecule has 0 saturated carbocycles. The second kappa shape index (κ2) is 5.93. The molecular weight excluding hydrogens is 318 g/mol. The van der Waals surface area contributed by atoms with Crippen molar-refractivity contribution in [1.29, 1.82) is 0 Å². The second-order valence-electron chi connectivity index (χ2n) is 8.36. The molecule has 1 saturated heterocycles. The minimum absolute atomic E-state index is 0.234. The van der Waals surface area contributed by atoms with E-state index in [1.807, 2.05) is 12.1 Å². The van der Waals surface area contributed by atoms with Gasteiger partial charge < -0.3 is 10.1 Å². The number of ether oxygens (including phenoxy) is 1. The predicted octanol–water partition coefficient (Wildman–Crippen LogP) is 5.27. The molecule has 24 heavy (non-hydrogen) atoms. The van der Waals surface area contributed by atoms with E-state index in [1.165, 1.54) is 16.8 Å². The Labute approximate surface area is 149 Å². The summed E-state index contributed by atoms with van der Waals surface area (Å²) >= 11 is 6.49. The fraction of sp³-hybridized carbons (Fsp3) is 0.524. The molecule has 0 bridgehead atoms. The fourth-order valence-corrected chi connectivity index (χ4v) is 4.61. The lowest BCUT2D eigenvalue weighted by Gasteiger charge is -2.42. The van der Waals surface area contributed by atoms with Crippen LogP contribution in [-0.4, -0.2) is 12.7 Å².